The molecule has 17 heavy (non-hydrogen) atoms. The second-order valence-electron chi connectivity index (χ2n) is 3.77. The highest BCUT2D eigenvalue weighted by molar-refractivity contribution is 6.10. The van der Waals surface area contributed by atoms with Crippen LogP contribution in [0.1, 0.15) is 22.5 Å². The summed E-state index contributed by atoms with van der Waals surface area (Å²) in [6.07, 6.45) is -0.106. The molecule has 0 amide bonds. The summed E-state index contributed by atoms with van der Waals surface area (Å²) in [6.45, 7) is 1.82. The molecule has 0 aliphatic rings. The number of methoxy groups -OCH3 is 1. The summed E-state index contributed by atoms with van der Waals surface area (Å²) in [6, 6.07) is 7.40. The Hall–Kier alpha value is -2.28. The predicted octanol–water partition coefficient (Wildman–Crippen LogP) is 2.58. The lowest BCUT2D eigenvalue weighted by molar-refractivity contribution is 0.0999. The van der Waals surface area contributed by atoms with Gasteiger partial charge in [-0.05, 0) is 13.0 Å². The normalized spacial score (nSPS) is 10.2. The minimum atomic E-state index is -0.162. The third kappa shape index (κ3) is 1.76. The van der Waals surface area contributed by atoms with Gasteiger partial charge in [0.15, 0.2) is 5.78 Å². The Morgan fingerprint density at radius 1 is 1.53 bits per heavy atom. The smallest absolute Gasteiger partial charge is 0.179 e. The number of carbonyl (C=O) groups excluding carboxylic acids is 1. The molecule has 0 unspecified atom stereocenters. The van der Waals surface area contributed by atoms with Gasteiger partial charge in [0.25, 0.3) is 0 Å². The van der Waals surface area contributed by atoms with E-state index < -0.39 is 0 Å². The fourth-order valence-electron chi connectivity index (χ4n) is 2.01. The lowest BCUT2D eigenvalue weighted by Gasteiger charge is -2.00. The molecule has 1 aromatic heterocycles. The minimum absolute atomic E-state index is 0.106. The van der Waals surface area contributed by atoms with Crippen molar-refractivity contribution in [1.82, 2.24) is 4.98 Å². The Bertz CT molecular complexity index is 620. The van der Waals surface area contributed by atoms with Crippen LogP contribution in [0.25, 0.3) is 10.9 Å². The molecular formula is C13H12N2O2. The van der Waals surface area contributed by atoms with Crippen LogP contribution in [0.5, 0.6) is 5.75 Å². The van der Waals surface area contributed by atoms with Gasteiger partial charge in [0, 0.05) is 16.6 Å². The molecule has 86 valence electrons. The van der Waals surface area contributed by atoms with Crippen LogP contribution in [-0.2, 0) is 0 Å². The third-order valence-electron chi connectivity index (χ3n) is 2.72. The molecule has 2 aromatic rings. The van der Waals surface area contributed by atoms with Gasteiger partial charge in [-0.3, -0.25) is 4.79 Å². The standard InChI is InChI=1S/C13H12N2O2/c1-8-12(10(16)6-7-14)9-4-3-5-11(17-2)13(9)15-8/h3-5,15H,6H2,1-2H3. The van der Waals surface area contributed by atoms with E-state index >= 15 is 0 Å². The first-order valence-electron chi connectivity index (χ1n) is 5.24. The van der Waals surface area contributed by atoms with E-state index in [-0.39, 0.29) is 12.2 Å². The number of aromatic nitrogens is 1. The predicted molar refractivity (Wildman–Crippen MR) is 64.1 cm³/mol. The number of aromatic amines is 1. The quantitative estimate of drug-likeness (QED) is 0.821. The molecule has 0 spiro atoms. The number of nitrogens with zero attached hydrogens (tertiary/aromatic N) is 1. The number of aryl methyl sites for hydroxylation is 1. The zero-order valence-corrected chi connectivity index (χ0v) is 9.70. The van der Waals surface area contributed by atoms with E-state index in [0.717, 1.165) is 16.6 Å². The van der Waals surface area contributed by atoms with E-state index in [1.807, 2.05) is 31.2 Å². The molecule has 1 N–H and O–H groups in total. The van der Waals surface area contributed by atoms with Crippen molar-refractivity contribution in [3.05, 3.63) is 29.5 Å². The largest absolute Gasteiger partial charge is 0.495 e. The van der Waals surface area contributed by atoms with Gasteiger partial charge in [-0.15, -0.1) is 0 Å². The van der Waals surface area contributed by atoms with Gasteiger partial charge in [-0.1, -0.05) is 12.1 Å². The van der Waals surface area contributed by atoms with Gasteiger partial charge in [-0.2, -0.15) is 5.26 Å². The lowest BCUT2D eigenvalue weighted by Crippen LogP contribution is -1.98. The van der Waals surface area contributed by atoms with Gasteiger partial charge in [0.05, 0.1) is 25.1 Å². The summed E-state index contributed by atoms with van der Waals surface area (Å²) < 4.78 is 5.23. The zero-order chi connectivity index (χ0) is 12.4. The van der Waals surface area contributed by atoms with Crippen molar-refractivity contribution in [2.75, 3.05) is 7.11 Å². The highest BCUT2D eigenvalue weighted by Gasteiger charge is 2.17. The number of hydrogen-bond donors (Lipinski definition) is 1. The molecule has 2 rings (SSSR count). The lowest BCUT2D eigenvalue weighted by atomic mass is 10.0. The first-order chi connectivity index (χ1) is 8.19. The number of carbonyl (C=O) groups is 1. The first kappa shape index (κ1) is 11.2. The minimum Gasteiger partial charge on any atom is -0.495 e. The van der Waals surface area contributed by atoms with E-state index in [1.54, 1.807) is 7.11 Å². The van der Waals surface area contributed by atoms with E-state index in [2.05, 4.69) is 4.98 Å². The van der Waals surface area contributed by atoms with Crippen LogP contribution in [0.15, 0.2) is 18.2 Å². The van der Waals surface area contributed by atoms with Crippen LogP contribution in [0.3, 0.4) is 0 Å². The van der Waals surface area contributed by atoms with Crippen molar-refractivity contribution in [1.29, 1.82) is 5.26 Å². The Morgan fingerprint density at radius 2 is 2.29 bits per heavy atom. The number of ketones is 1. The molecule has 0 radical (unpaired) electrons. The van der Waals surface area contributed by atoms with Gasteiger partial charge < -0.3 is 9.72 Å². The van der Waals surface area contributed by atoms with Gasteiger partial charge in [0.2, 0.25) is 0 Å². The Morgan fingerprint density at radius 3 is 2.94 bits per heavy atom. The van der Waals surface area contributed by atoms with E-state index in [9.17, 15) is 4.79 Å². The molecule has 1 heterocycles. The molecule has 0 saturated carbocycles. The molecule has 1 aromatic carbocycles. The summed E-state index contributed by atoms with van der Waals surface area (Å²) in [5.74, 6) is 0.533. The number of hydrogen-bond acceptors (Lipinski definition) is 3. The number of benzene rings is 1. The summed E-state index contributed by atoms with van der Waals surface area (Å²) in [7, 11) is 1.59. The van der Waals surface area contributed by atoms with Crippen molar-refractivity contribution in [2.45, 2.75) is 13.3 Å². The Labute approximate surface area is 98.8 Å². The number of fused-ring (bicyclic) bond motifs is 1. The van der Waals surface area contributed by atoms with Crippen molar-refractivity contribution >= 4 is 16.7 Å². The molecule has 4 nitrogen and oxygen atoms in total. The third-order valence-corrected chi connectivity index (χ3v) is 2.72. The molecule has 0 aliphatic heterocycles. The number of ether oxygens (including phenoxy) is 1. The molecule has 0 saturated heterocycles. The Balaban J connectivity index is 2.69. The highest BCUT2D eigenvalue weighted by atomic mass is 16.5. The van der Waals surface area contributed by atoms with Crippen LogP contribution in [-0.4, -0.2) is 17.9 Å². The summed E-state index contributed by atoms with van der Waals surface area (Å²) in [4.78, 5) is 15.0. The average molecular weight is 228 g/mol. The first-order valence-corrected chi connectivity index (χ1v) is 5.24. The molecule has 0 aliphatic carbocycles. The van der Waals surface area contributed by atoms with Crippen LogP contribution < -0.4 is 4.74 Å². The van der Waals surface area contributed by atoms with Crippen molar-refractivity contribution < 1.29 is 9.53 Å². The maximum absolute atomic E-state index is 11.9. The molecule has 0 atom stereocenters. The number of rotatable bonds is 3. The second kappa shape index (κ2) is 4.30. The second-order valence-corrected chi connectivity index (χ2v) is 3.77. The average Bonchev–Trinajstić information content (AvgIpc) is 2.65. The monoisotopic (exact) mass is 228 g/mol. The molecule has 0 bridgehead atoms. The van der Waals surface area contributed by atoms with E-state index in [0.29, 0.717) is 11.3 Å². The highest BCUT2D eigenvalue weighted by Crippen LogP contribution is 2.30. The SMILES string of the molecule is COc1cccc2c(C(=O)CC#N)c(C)[nH]c12. The van der Waals surface area contributed by atoms with E-state index in [1.165, 1.54) is 0 Å². The number of H-pyrrole nitrogens is 1. The fraction of sp³-hybridized carbons (Fsp3) is 0.231. The number of Topliss-reactive ketones (excluding diaryl/α,β-unsaturated/α-hetero) is 1. The van der Waals surface area contributed by atoms with Crippen LogP contribution >= 0.6 is 0 Å². The van der Waals surface area contributed by atoms with Crippen molar-refractivity contribution in [2.24, 2.45) is 0 Å². The molecule has 4 heteroatoms. The van der Waals surface area contributed by atoms with E-state index in [4.69, 9.17) is 10.00 Å². The topological polar surface area (TPSA) is 65.9 Å². The van der Waals surface area contributed by atoms with Crippen molar-refractivity contribution in [3.63, 3.8) is 0 Å². The summed E-state index contributed by atoms with van der Waals surface area (Å²) >= 11 is 0. The number of para-hydroxylation sites is 1. The number of nitrogens with one attached hydrogen (secondary N) is 1. The van der Waals surface area contributed by atoms with Crippen LogP contribution in [0.4, 0.5) is 0 Å². The molecular weight excluding hydrogens is 216 g/mol. The zero-order valence-electron chi connectivity index (χ0n) is 9.70. The van der Waals surface area contributed by atoms with Gasteiger partial charge >= 0.3 is 0 Å². The maximum atomic E-state index is 11.9. The Kier molecular flexibility index (Phi) is 2.84. The summed E-state index contributed by atoms with van der Waals surface area (Å²) in [5.41, 5.74) is 2.15. The van der Waals surface area contributed by atoms with Crippen LogP contribution in [0, 0.1) is 18.3 Å². The van der Waals surface area contributed by atoms with Gasteiger partial charge in [0.1, 0.15) is 5.75 Å². The van der Waals surface area contributed by atoms with Crippen molar-refractivity contribution in [3.8, 4) is 11.8 Å². The molecule has 0 fully saturated rings. The number of nitriles is 1. The fourth-order valence-corrected chi connectivity index (χ4v) is 2.01. The van der Waals surface area contributed by atoms with Gasteiger partial charge in [-0.25, -0.2) is 0 Å². The maximum Gasteiger partial charge on any atom is 0.179 e. The summed E-state index contributed by atoms with van der Waals surface area (Å²) in [5, 5.41) is 9.40. The van der Waals surface area contributed by atoms with Crippen LogP contribution in [0.2, 0.25) is 0 Å².